The lowest BCUT2D eigenvalue weighted by Gasteiger charge is -2.10. The van der Waals surface area contributed by atoms with Crippen molar-refractivity contribution < 1.29 is 9.53 Å². The molecule has 0 spiro atoms. The maximum absolute atomic E-state index is 11.5. The normalized spacial score (nSPS) is 10.5. The summed E-state index contributed by atoms with van der Waals surface area (Å²) in [5.74, 6) is 0.174. The van der Waals surface area contributed by atoms with E-state index in [0.29, 0.717) is 11.8 Å². The van der Waals surface area contributed by atoms with Crippen molar-refractivity contribution in [2.24, 2.45) is 5.92 Å². The van der Waals surface area contributed by atoms with Gasteiger partial charge >= 0.3 is 5.97 Å². The molecule has 0 radical (unpaired) electrons. The van der Waals surface area contributed by atoms with Gasteiger partial charge in [-0.15, -0.1) is 0 Å². The molecule has 1 heterocycles. The Balaban J connectivity index is 2.13. The molecule has 1 aromatic heterocycles. The van der Waals surface area contributed by atoms with E-state index in [2.05, 4.69) is 20.3 Å². The Morgan fingerprint density at radius 2 is 2.00 bits per heavy atom. The molecule has 0 fully saturated rings. The van der Waals surface area contributed by atoms with Gasteiger partial charge in [0.1, 0.15) is 0 Å². The van der Waals surface area contributed by atoms with Crippen molar-refractivity contribution >= 4 is 23.6 Å². The number of ether oxygens (including phenoxy) is 1. The molecule has 116 valence electrons. The maximum Gasteiger partial charge on any atom is 0.308 e. The number of benzene rings is 1. The van der Waals surface area contributed by atoms with Gasteiger partial charge in [0.2, 0.25) is 11.9 Å². The summed E-state index contributed by atoms with van der Waals surface area (Å²) < 4.78 is 5.10. The molecule has 0 atom stereocenters. The highest BCUT2D eigenvalue weighted by Gasteiger charge is 2.11. The van der Waals surface area contributed by atoms with Crippen LogP contribution in [0.15, 0.2) is 24.3 Å². The van der Waals surface area contributed by atoms with Crippen molar-refractivity contribution in [3.8, 4) is 0 Å². The van der Waals surface area contributed by atoms with Gasteiger partial charge in [-0.2, -0.15) is 15.0 Å². The third-order valence-corrected chi connectivity index (χ3v) is 2.91. The number of esters is 1. The summed E-state index contributed by atoms with van der Waals surface area (Å²) in [7, 11) is 0. The monoisotopic (exact) mass is 301 g/mol. The van der Waals surface area contributed by atoms with Crippen LogP contribution in [0.2, 0.25) is 0 Å². The van der Waals surface area contributed by atoms with Crippen molar-refractivity contribution in [1.82, 2.24) is 15.0 Å². The topological polar surface area (TPSA) is 103 Å². The Morgan fingerprint density at radius 1 is 1.27 bits per heavy atom. The summed E-state index contributed by atoms with van der Waals surface area (Å²) in [5.41, 5.74) is 7.60. The first kappa shape index (κ1) is 15.7. The average Bonchev–Trinajstić information content (AvgIpc) is 2.46. The number of aromatic nitrogens is 3. The molecule has 0 saturated heterocycles. The molecule has 0 unspecified atom stereocenters. The number of hydrogen-bond acceptors (Lipinski definition) is 7. The van der Waals surface area contributed by atoms with E-state index in [9.17, 15) is 4.79 Å². The Bertz CT molecular complexity index is 673. The summed E-state index contributed by atoms with van der Waals surface area (Å²) >= 11 is 0. The van der Waals surface area contributed by atoms with Crippen molar-refractivity contribution in [2.45, 2.75) is 27.4 Å². The lowest BCUT2D eigenvalue weighted by atomic mass is 10.2. The maximum atomic E-state index is 11.5. The van der Waals surface area contributed by atoms with Gasteiger partial charge in [0, 0.05) is 5.69 Å². The van der Waals surface area contributed by atoms with Gasteiger partial charge in [-0.25, -0.2) is 0 Å². The molecule has 0 bridgehead atoms. The predicted octanol–water partition coefficient (Wildman–Crippen LogP) is 2.21. The van der Waals surface area contributed by atoms with Crippen LogP contribution in [0.4, 0.5) is 17.6 Å². The molecule has 0 saturated carbocycles. The minimum atomic E-state index is -0.313. The largest absolute Gasteiger partial charge is 0.457 e. The van der Waals surface area contributed by atoms with Crippen LogP contribution in [-0.2, 0) is 16.1 Å². The number of rotatable bonds is 5. The van der Waals surface area contributed by atoms with Crippen molar-refractivity contribution in [2.75, 3.05) is 11.1 Å². The van der Waals surface area contributed by atoms with E-state index in [1.807, 2.05) is 31.2 Å². The predicted molar refractivity (Wildman–Crippen MR) is 83.3 cm³/mol. The van der Waals surface area contributed by atoms with Gasteiger partial charge in [-0.05, 0) is 18.6 Å². The average molecular weight is 301 g/mol. The first-order valence-corrected chi connectivity index (χ1v) is 6.95. The van der Waals surface area contributed by atoms with Crippen LogP contribution < -0.4 is 11.1 Å². The molecule has 7 nitrogen and oxygen atoms in total. The van der Waals surface area contributed by atoms with Crippen LogP contribution in [0.25, 0.3) is 0 Å². The quantitative estimate of drug-likeness (QED) is 0.816. The van der Waals surface area contributed by atoms with Crippen molar-refractivity contribution in [1.29, 1.82) is 0 Å². The highest BCUT2D eigenvalue weighted by Crippen LogP contribution is 2.17. The SMILES string of the molecule is Cc1ccccc1Nc1nc(N)nc(COC(=O)C(C)C)n1. The fourth-order valence-electron chi connectivity index (χ4n) is 1.69. The van der Waals surface area contributed by atoms with E-state index >= 15 is 0 Å². The zero-order valence-electron chi connectivity index (χ0n) is 12.8. The minimum Gasteiger partial charge on any atom is -0.457 e. The number of carbonyl (C=O) groups excluding carboxylic acids is 1. The number of nitrogens with two attached hydrogens (primary N) is 1. The van der Waals surface area contributed by atoms with Gasteiger partial charge in [0.15, 0.2) is 12.4 Å². The number of carbonyl (C=O) groups is 1. The molecular weight excluding hydrogens is 282 g/mol. The number of hydrogen-bond donors (Lipinski definition) is 2. The molecule has 0 aliphatic heterocycles. The van der Waals surface area contributed by atoms with Crippen LogP contribution in [0.3, 0.4) is 0 Å². The van der Waals surface area contributed by atoms with Crippen LogP contribution in [0, 0.1) is 12.8 Å². The number of aryl methyl sites for hydroxylation is 1. The third-order valence-electron chi connectivity index (χ3n) is 2.91. The number of nitrogens with zero attached hydrogens (tertiary/aromatic N) is 3. The molecule has 2 rings (SSSR count). The third kappa shape index (κ3) is 4.15. The Hall–Kier alpha value is -2.70. The first-order chi connectivity index (χ1) is 10.5. The second-order valence-corrected chi connectivity index (χ2v) is 5.14. The fraction of sp³-hybridized carbons (Fsp3) is 0.333. The second kappa shape index (κ2) is 6.84. The number of anilines is 3. The summed E-state index contributed by atoms with van der Waals surface area (Å²) in [4.78, 5) is 23.7. The van der Waals surface area contributed by atoms with Gasteiger partial charge in [0.05, 0.1) is 5.92 Å². The number of nitrogen functional groups attached to an aromatic ring is 1. The van der Waals surface area contributed by atoms with Crippen LogP contribution in [0.5, 0.6) is 0 Å². The Morgan fingerprint density at radius 3 is 2.68 bits per heavy atom. The van der Waals surface area contributed by atoms with E-state index in [-0.39, 0.29) is 24.4 Å². The van der Waals surface area contributed by atoms with E-state index in [0.717, 1.165) is 11.3 Å². The van der Waals surface area contributed by atoms with Crippen molar-refractivity contribution in [3.63, 3.8) is 0 Å². The van der Waals surface area contributed by atoms with Crippen LogP contribution in [-0.4, -0.2) is 20.9 Å². The number of para-hydroxylation sites is 1. The fourth-order valence-corrected chi connectivity index (χ4v) is 1.69. The van der Waals surface area contributed by atoms with E-state index < -0.39 is 0 Å². The lowest BCUT2D eigenvalue weighted by molar-refractivity contribution is -0.148. The highest BCUT2D eigenvalue weighted by molar-refractivity contribution is 5.71. The minimum absolute atomic E-state index is 0.0355. The summed E-state index contributed by atoms with van der Waals surface area (Å²) in [6.45, 7) is 5.45. The second-order valence-electron chi connectivity index (χ2n) is 5.14. The van der Waals surface area contributed by atoms with E-state index in [1.165, 1.54) is 0 Å². The first-order valence-electron chi connectivity index (χ1n) is 6.95. The highest BCUT2D eigenvalue weighted by atomic mass is 16.5. The van der Waals surface area contributed by atoms with Crippen LogP contribution in [0.1, 0.15) is 25.2 Å². The van der Waals surface area contributed by atoms with Crippen LogP contribution >= 0.6 is 0 Å². The van der Waals surface area contributed by atoms with Gasteiger partial charge in [-0.3, -0.25) is 4.79 Å². The molecule has 22 heavy (non-hydrogen) atoms. The van der Waals surface area contributed by atoms with Crippen molar-refractivity contribution in [3.05, 3.63) is 35.7 Å². The lowest BCUT2D eigenvalue weighted by Crippen LogP contribution is -2.14. The van der Waals surface area contributed by atoms with Gasteiger partial charge in [0.25, 0.3) is 0 Å². The Labute approximate surface area is 129 Å². The summed E-state index contributed by atoms with van der Waals surface area (Å²) in [6, 6.07) is 7.73. The van der Waals surface area contributed by atoms with Gasteiger partial charge in [-0.1, -0.05) is 32.0 Å². The number of nitrogens with one attached hydrogen (secondary N) is 1. The molecule has 3 N–H and O–H groups in total. The van der Waals surface area contributed by atoms with E-state index in [1.54, 1.807) is 13.8 Å². The summed E-state index contributed by atoms with van der Waals surface area (Å²) in [5, 5.41) is 3.08. The standard InChI is InChI=1S/C15H19N5O2/c1-9(2)13(21)22-8-12-18-14(16)20-15(19-12)17-11-7-5-4-6-10(11)3/h4-7,9H,8H2,1-3H3,(H3,16,17,18,19,20). The molecule has 2 aromatic rings. The molecule has 0 amide bonds. The zero-order valence-corrected chi connectivity index (χ0v) is 12.8. The molecular formula is C15H19N5O2. The smallest absolute Gasteiger partial charge is 0.308 e. The van der Waals surface area contributed by atoms with E-state index in [4.69, 9.17) is 10.5 Å². The Kier molecular flexibility index (Phi) is 4.88. The molecule has 1 aromatic carbocycles. The molecule has 0 aliphatic rings. The van der Waals surface area contributed by atoms with Gasteiger partial charge < -0.3 is 15.8 Å². The zero-order chi connectivity index (χ0) is 16.1. The molecule has 7 heteroatoms. The summed E-state index contributed by atoms with van der Waals surface area (Å²) in [6.07, 6.45) is 0. The molecule has 0 aliphatic carbocycles.